The lowest BCUT2D eigenvalue weighted by molar-refractivity contribution is 0.624. The van der Waals surface area contributed by atoms with E-state index in [1.165, 1.54) is 31.4 Å². The van der Waals surface area contributed by atoms with Crippen molar-refractivity contribution in [2.45, 2.75) is 33.1 Å². The van der Waals surface area contributed by atoms with Crippen molar-refractivity contribution in [1.82, 2.24) is 19.6 Å². The van der Waals surface area contributed by atoms with Crippen molar-refractivity contribution in [1.29, 1.82) is 5.26 Å². The van der Waals surface area contributed by atoms with Gasteiger partial charge in [0.2, 0.25) is 0 Å². The zero-order valence-corrected chi connectivity index (χ0v) is 18.4. The SMILES string of the molecule is CCCCC.CNc1cc(-c2ccc(C#N)c(F)c2)n(-c2ccc3c(cnn3C)c2)n1. The molecule has 2 aromatic carbocycles. The van der Waals surface area contributed by atoms with Crippen LogP contribution < -0.4 is 5.32 Å². The number of fused-ring (bicyclic) bond motifs is 1. The zero-order valence-electron chi connectivity index (χ0n) is 18.4. The number of aryl methyl sites for hydroxylation is 1. The number of halogens is 1. The van der Waals surface area contributed by atoms with Gasteiger partial charge < -0.3 is 5.32 Å². The average molecular weight is 419 g/mol. The lowest BCUT2D eigenvalue weighted by Crippen LogP contribution is -2.00. The van der Waals surface area contributed by atoms with Gasteiger partial charge in [-0.3, -0.25) is 4.68 Å². The fraction of sp³-hybridized carbons (Fsp3) is 0.292. The van der Waals surface area contributed by atoms with Crippen LogP contribution >= 0.6 is 0 Å². The Hall–Kier alpha value is -3.66. The van der Waals surface area contributed by atoms with E-state index >= 15 is 0 Å². The van der Waals surface area contributed by atoms with Crippen LogP contribution in [0.15, 0.2) is 48.7 Å². The first-order chi connectivity index (χ1) is 15.0. The Balaban J connectivity index is 0.000000491. The summed E-state index contributed by atoms with van der Waals surface area (Å²) >= 11 is 0. The van der Waals surface area contributed by atoms with Gasteiger partial charge in [0.15, 0.2) is 0 Å². The highest BCUT2D eigenvalue weighted by molar-refractivity contribution is 5.81. The summed E-state index contributed by atoms with van der Waals surface area (Å²) in [6.45, 7) is 4.42. The highest BCUT2D eigenvalue weighted by Crippen LogP contribution is 2.28. The summed E-state index contributed by atoms with van der Waals surface area (Å²) < 4.78 is 17.6. The molecule has 31 heavy (non-hydrogen) atoms. The molecule has 4 rings (SSSR count). The van der Waals surface area contributed by atoms with Crippen LogP contribution in [0.25, 0.3) is 27.8 Å². The van der Waals surface area contributed by atoms with E-state index in [-0.39, 0.29) is 5.56 Å². The van der Waals surface area contributed by atoms with Gasteiger partial charge in [-0.15, -0.1) is 5.10 Å². The summed E-state index contributed by atoms with van der Waals surface area (Å²) in [5, 5.41) is 21.7. The Bertz CT molecular complexity index is 1210. The lowest BCUT2D eigenvalue weighted by Gasteiger charge is -2.08. The minimum absolute atomic E-state index is 0.0189. The molecule has 0 saturated heterocycles. The van der Waals surface area contributed by atoms with Crippen LogP contribution in [-0.2, 0) is 7.05 Å². The minimum atomic E-state index is -0.550. The molecule has 0 amide bonds. The number of nitriles is 1. The Labute approximate surface area is 181 Å². The highest BCUT2D eigenvalue weighted by atomic mass is 19.1. The van der Waals surface area contributed by atoms with Crippen molar-refractivity contribution in [2.75, 3.05) is 12.4 Å². The van der Waals surface area contributed by atoms with Gasteiger partial charge in [0.05, 0.1) is 28.7 Å². The molecular formula is C24H27FN6. The van der Waals surface area contributed by atoms with E-state index in [1.54, 1.807) is 28.7 Å². The molecule has 160 valence electrons. The van der Waals surface area contributed by atoms with E-state index < -0.39 is 5.82 Å². The highest BCUT2D eigenvalue weighted by Gasteiger charge is 2.14. The van der Waals surface area contributed by atoms with Crippen LogP contribution in [0.5, 0.6) is 0 Å². The molecule has 6 nitrogen and oxygen atoms in total. The average Bonchev–Trinajstić information content (AvgIpc) is 3.38. The fourth-order valence-corrected chi connectivity index (χ4v) is 3.31. The standard InChI is InChI=1S/C19H15FN6.C5H12/c1-22-19-9-18(12-3-4-13(10-21)16(20)8-12)26(24-19)15-5-6-17-14(7-15)11-23-25(17)2;1-3-5-4-2/h3-9,11H,1-2H3,(H,22,24);3-5H2,1-2H3. The largest absolute Gasteiger partial charge is 0.372 e. The molecule has 2 heterocycles. The number of benzene rings is 2. The number of aromatic nitrogens is 4. The molecule has 0 aliphatic carbocycles. The Kier molecular flexibility index (Phi) is 7.03. The normalized spacial score (nSPS) is 10.5. The van der Waals surface area contributed by atoms with Gasteiger partial charge in [-0.05, 0) is 30.3 Å². The maximum absolute atomic E-state index is 14.1. The van der Waals surface area contributed by atoms with Crippen molar-refractivity contribution in [3.8, 4) is 23.0 Å². The second-order valence-electron chi connectivity index (χ2n) is 7.25. The summed E-state index contributed by atoms with van der Waals surface area (Å²) in [7, 11) is 3.67. The molecule has 7 heteroatoms. The van der Waals surface area contributed by atoms with Gasteiger partial charge in [0, 0.05) is 31.1 Å². The van der Waals surface area contributed by atoms with E-state index in [2.05, 4.69) is 29.4 Å². The molecule has 4 aromatic rings. The first kappa shape index (κ1) is 22.0. The number of hydrogen-bond acceptors (Lipinski definition) is 4. The summed E-state index contributed by atoms with van der Waals surface area (Å²) in [6, 6.07) is 14.1. The van der Waals surface area contributed by atoms with Crippen LogP contribution in [0.1, 0.15) is 38.7 Å². The molecule has 0 aliphatic heterocycles. The van der Waals surface area contributed by atoms with Gasteiger partial charge in [0.25, 0.3) is 0 Å². The van der Waals surface area contributed by atoms with Crippen molar-refractivity contribution >= 4 is 16.7 Å². The van der Waals surface area contributed by atoms with Crippen molar-refractivity contribution in [3.05, 3.63) is 60.0 Å². The molecule has 1 N–H and O–H groups in total. The number of rotatable bonds is 5. The van der Waals surface area contributed by atoms with Gasteiger partial charge in [-0.2, -0.15) is 10.4 Å². The maximum Gasteiger partial charge on any atom is 0.148 e. The van der Waals surface area contributed by atoms with Gasteiger partial charge >= 0.3 is 0 Å². The number of unbranched alkanes of at least 4 members (excludes halogenated alkanes) is 2. The Morgan fingerprint density at radius 1 is 1.10 bits per heavy atom. The van der Waals surface area contributed by atoms with E-state index in [4.69, 9.17) is 5.26 Å². The third-order valence-corrected chi connectivity index (χ3v) is 5.03. The summed E-state index contributed by atoms with van der Waals surface area (Å²) in [4.78, 5) is 0. The molecule has 0 fully saturated rings. The van der Waals surface area contributed by atoms with Crippen molar-refractivity contribution in [3.63, 3.8) is 0 Å². The van der Waals surface area contributed by atoms with Crippen molar-refractivity contribution in [2.24, 2.45) is 7.05 Å². The Morgan fingerprint density at radius 3 is 2.48 bits per heavy atom. The molecule has 0 aliphatic rings. The molecule has 2 aromatic heterocycles. The molecule has 0 bridgehead atoms. The van der Waals surface area contributed by atoms with Gasteiger partial charge in [-0.25, -0.2) is 9.07 Å². The fourth-order valence-electron chi connectivity index (χ4n) is 3.31. The van der Waals surface area contributed by atoms with Crippen LogP contribution in [0.4, 0.5) is 10.2 Å². The smallest absolute Gasteiger partial charge is 0.148 e. The lowest BCUT2D eigenvalue weighted by atomic mass is 10.1. The van der Waals surface area contributed by atoms with Gasteiger partial charge in [0.1, 0.15) is 17.7 Å². The first-order valence-electron chi connectivity index (χ1n) is 10.4. The second kappa shape index (κ2) is 9.90. The molecule has 0 spiro atoms. The molecule has 0 saturated carbocycles. The molecule has 0 unspecified atom stereocenters. The number of nitrogens with zero attached hydrogens (tertiary/aromatic N) is 5. The number of nitrogens with one attached hydrogen (secondary N) is 1. The van der Waals surface area contributed by atoms with Crippen LogP contribution in [-0.4, -0.2) is 26.6 Å². The summed E-state index contributed by atoms with van der Waals surface area (Å²) in [5.74, 6) is 0.113. The predicted molar refractivity (Wildman–Crippen MR) is 123 cm³/mol. The minimum Gasteiger partial charge on any atom is -0.372 e. The van der Waals surface area contributed by atoms with E-state index in [9.17, 15) is 4.39 Å². The zero-order chi connectivity index (χ0) is 22.4. The monoisotopic (exact) mass is 418 g/mol. The van der Waals surface area contributed by atoms with E-state index in [0.29, 0.717) is 11.4 Å². The van der Waals surface area contributed by atoms with Crippen LogP contribution in [0, 0.1) is 17.1 Å². The van der Waals surface area contributed by atoms with Crippen molar-refractivity contribution < 1.29 is 4.39 Å². The number of hydrogen-bond donors (Lipinski definition) is 1. The van der Waals surface area contributed by atoms with Crippen LogP contribution in [0.2, 0.25) is 0 Å². The second-order valence-corrected chi connectivity index (χ2v) is 7.25. The topological polar surface area (TPSA) is 71.5 Å². The van der Waals surface area contributed by atoms with E-state index in [1.807, 2.05) is 37.4 Å². The molecule has 0 radical (unpaired) electrons. The predicted octanol–water partition coefficient (Wildman–Crippen LogP) is 5.67. The quantitative estimate of drug-likeness (QED) is 0.453. The summed E-state index contributed by atoms with van der Waals surface area (Å²) in [5.41, 5.74) is 3.24. The molecule has 0 atom stereocenters. The third-order valence-electron chi connectivity index (χ3n) is 5.03. The van der Waals surface area contributed by atoms with E-state index in [0.717, 1.165) is 22.3 Å². The maximum atomic E-state index is 14.1. The van der Waals surface area contributed by atoms with Gasteiger partial charge in [-0.1, -0.05) is 39.2 Å². The Morgan fingerprint density at radius 2 is 1.87 bits per heavy atom. The first-order valence-corrected chi connectivity index (χ1v) is 10.4. The molecular weight excluding hydrogens is 391 g/mol. The summed E-state index contributed by atoms with van der Waals surface area (Å²) in [6.07, 6.45) is 5.87. The third kappa shape index (κ3) is 4.75. The van der Waals surface area contributed by atoms with Crippen LogP contribution in [0.3, 0.4) is 0 Å². The number of anilines is 1.